The molecule has 1 aliphatic heterocycles. The molecule has 3 heterocycles. The summed E-state index contributed by atoms with van der Waals surface area (Å²) in [7, 11) is 0. The van der Waals surface area contributed by atoms with Gasteiger partial charge in [-0.05, 0) is 30.0 Å². The number of carbonyl (C=O) groups excluding carboxylic acids is 1. The zero-order valence-electron chi connectivity index (χ0n) is 13.7. The quantitative estimate of drug-likeness (QED) is 0.628. The molecule has 3 rings (SSSR count). The van der Waals surface area contributed by atoms with Crippen LogP contribution in [-0.4, -0.2) is 44.0 Å². The summed E-state index contributed by atoms with van der Waals surface area (Å²) < 4.78 is 52.1. The topological polar surface area (TPSA) is 71.0 Å². The van der Waals surface area contributed by atoms with Gasteiger partial charge in [0.05, 0.1) is 17.9 Å². The number of nitrogens with one attached hydrogen (secondary N) is 1. The van der Waals surface area contributed by atoms with Gasteiger partial charge in [-0.25, -0.2) is 18.8 Å². The highest BCUT2D eigenvalue weighted by molar-refractivity contribution is 6.15. The van der Waals surface area contributed by atoms with Crippen LogP contribution in [-0.2, 0) is 17.5 Å². The lowest BCUT2D eigenvalue weighted by Gasteiger charge is -2.15. The molecule has 1 N–H and O–H groups in total. The Kier molecular flexibility index (Phi) is 5.56. The van der Waals surface area contributed by atoms with Crippen molar-refractivity contribution in [2.24, 2.45) is 0 Å². The number of pyridine rings is 1. The molecule has 0 aromatic carbocycles. The van der Waals surface area contributed by atoms with E-state index in [1.807, 2.05) is 0 Å². The molecule has 2 aromatic heterocycles. The van der Waals surface area contributed by atoms with Gasteiger partial charge in [-0.2, -0.15) is 13.2 Å². The van der Waals surface area contributed by atoms with E-state index in [4.69, 9.17) is 11.8 Å². The van der Waals surface area contributed by atoms with Crippen LogP contribution in [0.2, 0.25) is 0 Å². The minimum absolute atomic E-state index is 0.0155. The third-order valence-electron chi connectivity index (χ3n) is 4.01. The molecule has 0 spiro atoms. The number of halogens is 5. The van der Waals surface area contributed by atoms with Crippen LogP contribution in [0.1, 0.15) is 17.8 Å². The lowest BCUT2D eigenvalue weighted by molar-refractivity contribution is -0.141. The predicted octanol–water partition coefficient (Wildman–Crippen LogP) is 2.74. The molecule has 1 fully saturated rings. The number of carbonyl (C=O) groups is 1. The van der Waals surface area contributed by atoms with Crippen molar-refractivity contribution >= 4 is 17.7 Å². The van der Waals surface area contributed by atoms with Crippen LogP contribution in [0.25, 0.3) is 11.3 Å². The molecule has 1 amide bonds. The van der Waals surface area contributed by atoms with Crippen molar-refractivity contribution in [2.45, 2.75) is 31.4 Å². The second-order valence-corrected chi connectivity index (χ2v) is 6.41. The number of hydrogen-bond acceptors (Lipinski definition) is 5. The standard InChI is InChI=1S/C16H14ClF4N5O/c17-26-7-10(18)3-13(26)15(27)23-6-11-4-12(25-8-24-11)9-1-2-14(22-5-9)16(19,20)21/h1-2,4-5,8,10,13H,3,6-7H2,(H,23,27)/t10-,13+/m1/s1. The first-order chi connectivity index (χ1) is 12.7. The molecule has 0 radical (unpaired) electrons. The van der Waals surface area contributed by atoms with Crippen molar-refractivity contribution in [1.29, 1.82) is 0 Å². The van der Waals surface area contributed by atoms with E-state index < -0.39 is 30.0 Å². The van der Waals surface area contributed by atoms with Gasteiger partial charge < -0.3 is 5.32 Å². The van der Waals surface area contributed by atoms with E-state index in [1.54, 1.807) is 0 Å². The van der Waals surface area contributed by atoms with E-state index in [0.29, 0.717) is 17.0 Å². The Bertz CT molecular complexity index is 817. The van der Waals surface area contributed by atoms with Gasteiger partial charge in [0.25, 0.3) is 0 Å². The Morgan fingerprint density at radius 2 is 2.07 bits per heavy atom. The number of nitrogens with zero attached hydrogens (tertiary/aromatic N) is 4. The van der Waals surface area contributed by atoms with Crippen LogP contribution in [0.5, 0.6) is 0 Å². The summed E-state index contributed by atoms with van der Waals surface area (Å²) in [5.74, 6) is -0.429. The summed E-state index contributed by atoms with van der Waals surface area (Å²) >= 11 is 5.82. The van der Waals surface area contributed by atoms with E-state index >= 15 is 0 Å². The van der Waals surface area contributed by atoms with Gasteiger partial charge in [0.1, 0.15) is 24.2 Å². The third kappa shape index (κ3) is 4.69. The molecular formula is C16H14ClF4N5O. The summed E-state index contributed by atoms with van der Waals surface area (Å²) in [6.45, 7) is 0.0266. The number of amides is 1. The predicted molar refractivity (Wildman–Crippen MR) is 88.0 cm³/mol. The summed E-state index contributed by atoms with van der Waals surface area (Å²) in [5, 5.41) is 2.61. The number of hydrogen-bond donors (Lipinski definition) is 1. The van der Waals surface area contributed by atoms with Crippen LogP contribution in [0, 0.1) is 0 Å². The molecule has 0 saturated carbocycles. The first kappa shape index (κ1) is 19.4. The average Bonchev–Trinajstić information content (AvgIpc) is 2.97. The fourth-order valence-corrected chi connectivity index (χ4v) is 2.96. The molecule has 2 aromatic rings. The number of aromatic nitrogens is 3. The van der Waals surface area contributed by atoms with Crippen molar-refractivity contribution in [1.82, 2.24) is 24.7 Å². The first-order valence-corrected chi connectivity index (χ1v) is 8.26. The van der Waals surface area contributed by atoms with Crippen molar-refractivity contribution in [3.63, 3.8) is 0 Å². The highest BCUT2D eigenvalue weighted by Gasteiger charge is 2.36. The number of alkyl halides is 4. The van der Waals surface area contributed by atoms with Crippen LogP contribution >= 0.6 is 11.8 Å². The van der Waals surface area contributed by atoms with Crippen LogP contribution in [0.3, 0.4) is 0 Å². The molecule has 27 heavy (non-hydrogen) atoms. The van der Waals surface area contributed by atoms with Crippen molar-refractivity contribution < 1.29 is 22.4 Å². The minimum atomic E-state index is -4.52. The summed E-state index contributed by atoms with van der Waals surface area (Å²) in [6.07, 6.45) is -3.36. The highest BCUT2D eigenvalue weighted by Crippen LogP contribution is 2.28. The second kappa shape index (κ2) is 7.73. The Labute approximate surface area is 156 Å². The molecule has 0 bridgehead atoms. The largest absolute Gasteiger partial charge is 0.433 e. The normalized spacial score (nSPS) is 20.6. The molecule has 0 unspecified atom stereocenters. The van der Waals surface area contributed by atoms with Gasteiger partial charge >= 0.3 is 6.18 Å². The van der Waals surface area contributed by atoms with Gasteiger partial charge in [-0.1, -0.05) is 0 Å². The van der Waals surface area contributed by atoms with Crippen molar-refractivity contribution in [3.8, 4) is 11.3 Å². The van der Waals surface area contributed by atoms with Crippen molar-refractivity contribution in [3.05, 3.63) is 42.1 Å². The lowest BCUT2D eigenvalue weighted by atomic mass is 10.1. The van der Waals surface area contributed by atoms with E-state index in [-0.39, 0.29) is 19.5 Å². The van der Waals surface area contributed by atoms with E-state index in [0.717, 1.165) is 16.7 Å². The van der Waals surface area contributed by atoms with Gasteiger partial charge in [-0.3, -0.25) is 9.78 Å². The maximum Gasteiger partial charge on any atom is 0.433 e. The Morgan fingerprint density at radius 1 is 1.30 bits per heavy atom. The maximum absolute atomic E-state index is 13.3. The van der Waals surface area contributed by atoms with Gasteiger partial charge in [0.15, 0.2) is 0 Å². The second-order valence-electron chi connectivity index (χ2n) is 5.97. The molecular weight excluding hydrogens is 390 g/mol. The SMILES string of the molecule is O=C(NCc1cc(-c2ccc(C(F)(F)F)nc2)ncn1)[C@@H]1C[C@@H](F)CN1Cl. The molecule has 1 saturated heterocycles. The zero-order chi connectivity index (χ0) is 19.6. The Balaban J connectivity index is 1.66. The van der Waals surface area contributed by atoms with E-state index in [2.05, 4.69) is 20.3 Å². The fraction of sp³-hybridized carbons (Fsp3) is 0.375. The lowest BCUT2D eigenvalue weighted by Crippen LogP contribution is -2.39. The van der Waals surface area contributed by atoms with Gasteiger partial charge in [-0.15, -0.1) is 0 Å². The van der Waals surface area contributed by atoms with Crippen LogP contribution in [0.15, 0.2) is 30.7 Å². The average molecular weight is 404 g/mol. The molecule has 0 aliphatic carbocycles. The van der Waals surface area contributed by atoms with Crippen LogP contribution < -0.4 is 5.32 Å². The number of rotatable bonds is 4. The maximum atomic E-state index is 13.3. The summed E-state index contributed by atoms with van der Waals surface area (Å²) in [6, 6.07) is 2.88. The monoisotopic (exact) mass is 403 g/mol. The van der Waals surface area contributed by atoms with Gasteiger partial charge in [0, 0.05) is 24.7 Å². The fourth-order valence-electron chi connectivity index (χ4n) is 2.64. The van der Waals surface area contributed by atoms with Gasteiger partial charge in [0.2, 0.25) is 5.91 Å². The minimum Gasteiger partial charge on any atom is -0.349 e. The zero-order valence-corrected chi connectivity index (χ0v) is 14.5. The smallest absolute Gasteiger partial charge is 0.349 e. The van der Waals surface area contributed by atoms with Crippen molar-refractivity contribution in [2.75, 3.05) is 6.54 Å². The summed E-state index contributed by atoms with van der Waals surface area (Å²) in [5.41, 5.74) is 0.172. The first-order valence-electron chi connectivity index (χ1n) is 7.93. The van der Waals surface area contributed by atoms with E-state index in [1.165, 1.54) is 18.5 Å². The van der Waals surface area contributed by atoms with E-state index in [9.17, 15) is 22.4 Å². The highest BCUT2D eigenvalue weighted by atomic mass is 35.5. The molecule has 11 heteroatoms. The molecule has 2 atom stereocenters. The van der Waals surface area contributed by atoms with Crippen LogP contribution in [0.4, 0.5) is 17.6 Å². The molecule has 144 valence electrons. The Hall–Kier alpha value is -2.33. The Morgan fingerprint density at radius 3 is 2.67 bits per heavy atom. The third-order valence-corrected chi connectivity index (χ3v) is 4.38. The summed E-state index contributed by atoms with van der Waals surface area (Å²) in [4.78, 5) is 23.5. The molecule has 1 aliphatic rings. The molecule has 6 nitrogen and oxygen atoms in total.